The molecule has 1 heterocycles. The van der Waals surface area contributed by atoms with Crippen LogP contribution in [0.1, 0.15) is 0 Å². The third-order valence-corrected chi connectivity index (χ3v) is 8.02. The van der Waals surface area contributed by atoms with Gasteiger partial charge in [-0.2, -0.15) is 0 Å². The quantitative estimate of drug-likeness (QED) is 0.318. The largest absolute Gasteiger partial charge is 0.497 e. The molecule has 1 amide bonds. The van der Waals surface area contributed by atoms with Crippen LogP contribution in [-0.4, -0.2) is 38.2 Å². The Labute approximate surface area is 216 Å². The predicted octanol–water partition coefficient (Wildman–Crippen LogP) is 5.35. The number of anilines is 2. The van der Waals surface area contributed by atoms with Gasteiger partial charge in [-0.1, -0.05) is 52.7 Å². The lowest BCUT2D eigenvalue weighted by Crippen LogP contribution is -2.38. The molecule has 0 fully saturated rings. The van der Waals surface area contributed by atoms with Crippen LogP contribution in [0, 0.1) is 0 Å². The maximum Gasteiger partial charge on any atom is 0.264 e. The van der Waals surface area contributed by atoms with Crippen LogP contribution in [0.5, 0.6) is 5.75 Å². The Balaban J connectivity index is 1.59. The summed E-state index contributed by atoms with van der Waals surface area (Å²) in [6.45, 7) is -0.561. The van der Waals surface area contributed by atoms with Crippen LogP contribution < -0.4 is 14.4 Å². The summed E-state index contributed by atoms with van der Waals surface area (Å²) in [6.07, 6.45) is 0. The predicted molar refractivity (Wildman–Crippen MR) is 138 cm³/mol. The molecular weight excluding hydrogens is 531 g/mol. The van der Waals surface area contributed by atoms with E-state index in [0.29, 0.717) is 10.8 Å². The zero-order valence-corrected chi connectivity index (χ0v) is 21.3. The van der Waals surface area contributed by atoms with Gasteiger partial charge in [0.1, 0.15) is 17.3 Å². The second-order valence-corrected chi connectivity index (χ2v) is 10.8. The molecule has 0 aliphatic rings. The number of benzene rings is 3. The monoisotopic (exact) mass is 548 g/mol. The Bertz CT molecular complexity index is 1450. The summed E-state index contributed by atoms with van der Waals surface area (Å²) < 4.78 is 32.9. The van der Waals surface area contributed by atoms with Gasteiger partial charge >= 0.3 is 0 Å². The average Bonchev–Trinajstić information content (AvgIpc) is 3.33. The van der Waals surface area contributed by atoms with Crippen LogP contribution in [0.25, 0.3) is 10.6 Å². The van der Waals surface area contributed by atoms with Gasteiger partial charge in [0.25, 0.3) is 10.0 Å². The number of halogens is 2. The molecule has 0 aliphatic carbocycles. The molecule has 0 saturated heterocycles. The molecule has 0 aliphatic heterocycles. The van der Waals surface area contributed by atoms with Crippen molar-refractivity contribution in [2.24, 2.45) is 0 Å². The van der Waals surface area contributed by atoms with Crippen LogP contribution in [0.3, 0.4) is 0 Å². The van der Waals surface area contributed by atoms with Gasteiger partial charge < -0.3 is 4.74 Å². The SMILES string of the molecule is COc1ccc(-c2nnc(NC(=O)CN(c3cc(Cl)ccc3Cl)S(=O)(=O)c3ccccc3)s2)cc1. The molecule has 0 unspecified atom stereocenters. The number of rotatable bonds is 8. The van der Waals surface area contributed by atoms with Gasteiger partial charge in [0.15, 0.2) is 0 Å². The minimum absolute atomic E-state index is 0.00143. The second kappa shape index (κ2) is 10.6. The summed E-state index contributed by atoms with van der Waals surface area (Å²) >= 11 is 13.5. The molecule has 0 saturated carbocycles. The summed E-state index contributed by atoms with van der Waals surface area (Å²) in [4.78, 5) is 12.9. The van der Waals surface area contributed by atoms with E-state index in [0.717, 1.165) is 21.2 Å². The van der Waals surface area contributed by atoms with Crippen molar-refractivity contribution in [2.45, 2.75) is 4.90 Å². The van der Waals surface area contributed by atoms with E-state index in [1.165, 1.54) is 30.3 Å². The Hall–Kier alpha value is -3.18. The maximum atomic E-state index is 13.4. The molecule has 1 N–H and O–H groups in total. The topological polar surface area (TPSA) is 101 Å². The van der Waals surface area contributed by atoms with Crippen LogP contribution in [0.4, 0.5) is 10.8 Å². The first-order valence-electron chi connectivity index (χ1n) is 10.1. The van der Waals surface area contributed by atoms with Gasteiger partial charge in [0.2, 0.25) is 11.0 Å². The number of carbonyl (C=O) groups is 1. The summed E-state index contributed by atoms with van der Waals surface area (Å²) in [5.41, 5.74) is 0.872. The van der Waals surface area contributed by atoms with Gasteiger partial charge in [-0.25, -0.2) is 8.42 Å². The van der Waals surface area contributed by atoms with Gasteiger partial charge in [-0.05, 0) is 54.6 Å². The van der Waals surface area contributed by atoms with Crippen molar-refractivity contribution in [3.8, 4) is 16.3 Å². The number of ether oxygens (including phenoxy) is 1. The highest BCUT2D eigenvalue weighted by Gasteiger charge is 2.29. The van der Waals surface area contributed by atoms with E-state index < -0.39 is 22.5 Å². The molecule has 3 aromatic carbocycles. The van der Waals surface area contributed by atoms with E-state index in [9.17, 15) is 13.2 Å². The van der Waals surface area contributed by atoms with Crippen molar-refractivity contribution in [3.05, 3.63) is 82.8 Å². The fourth-order valence-corrected chi connectivity index (χ4v) is 5.76. The average molecular weight is 549 g/mol. The van der Waals surface area contributed by atoms with Crippen molar-refractivity contribution >= 4 is 61.3 Å². The van der Waals surface area contributed by atoms with Crippen molar-refractivity contribution in [3.63, 3.8) is 0 Å². The van der Waals surface area contributed by atoms with Crippen molar-refractivity contribution in [1.29, 1.82) is 0 Å². The fraction of sp³-hybridized carbons (Fsp3) is 0.0870. The van der Waals surface area contributed by atoms with E-state index in [2.05, 4.69) is 15.5 Å². The highest BCUT2D eigenvalue weighted by molar-refractivity contribution is 7.92. The first-order valence-corrected chi connectivity index (χ1v) is 13.1. The van der Waals surface area contributed by atoms with Gasteiger partial charge in [0, 0.05) is 10.6 Å². The minimum atomic E-state index is -4.14. The lowest BCUT2D eigenvalue weighted by atomic mass is 10.2. The number of hydrogen-bond donors (Lipinski definition) is 1. The molecule has 4 aromatic rings. The van der Waals surface area contributed by atoms with Crippen LogP contribution >= 0.6 is 34.5 Å². The maximum absolute atomic E-state index is 13.4. The van der Waals surface area contributed by atoms with E-state index in [1.54, 1.807) is 37.4 Å². The van der Waals surface area contributed by atoms with Crippen LogP contribution in [-0.2, 0) is 14.8 Å². The third kappa shape index (κ3) is 5.73. The van der Waals surface area contributed by atoms with Crippen molar-refractivity contribution in [2.75, 3.05) is 23.3 Å². The first kappa shape index (κ1) is 24.9. The summed E-state index contributed by atoms with van der Waals surface area (Å²) in [7, 11) is -2.57. The molecule has 1 aromatic heterocycles. The number of aromatic nitrogens is 2. The van der Waals surface area contributed by atoms with Crippen molar-refractivity contribution < 1.29 is 17.9 Å². The molecule has 180 valence electrons. The van der Waals surface area contributed by atoms with E-state index in [-0.39, 0.29) is 25.8 Å². The van der Waals surface area contributed by atoms with Crippen LogP contribution in [0.2, 0.25) is 10.0 Å². The number of amides is 1. The minimum Gasteiger partial charge on any atom is -0.497 e. The molecule has 0 radical (unpaired) electrons. The zero-order chi connectivity index (χ0) is 25.0. The summed E-state index contributed by atoms with van der Waals surface area (Å²) in [6, 6.07) is 19.4. The number of methoxy groups -OCH3 is 1. The number of nitrogens with one attached hydrogen (secondary N) is 1. The Morgan fingerprint density at radius 1 is 1.03 bits per heavy atom. The zero-order valence-electron chi connectivity index (χ0n) is 18.2. The first-order chi connectivity index (χ1) is 16.8. The Morgan fingerprint density at radius 3 is 2.43 bits per heavy atom. The van der Waals surface area contributed by atoms with E-state index >= 15 is 0 Å². The highest BCUT2D eigenvalue weighted by atomic mass is 35.5. The summed E-state index contributed by atoms with van der Waals surface area (Å²) in [5.74, 6) is 0.0733. The molecule has 35 heavy (non-hydrogen) atoms. The smallest absolute Gasteiger partial charge is 0.264 e. The molecule has 0 bridgehead atoms. The fourth-order valence-electron chi connectivity index (χ4n) is 3.11. The normalized spacial score (nSPS) is 11.2. The Kier molecular flexibility index (Phi) is 7.56. The van der Waals surface area contributed by atoms with E-state index in [1.807, 2.05) is 12.1 Å². The number of hydrogen-bond acceptors (Lipinski definition) is 7. The molecular formula is C23H18Cl2N4O4S2. The molecule has 0 atom stereocenters. The van der Waals surface area contributed by atoms with Gasteiger partial charge in [-0.15, -0.1) is 10.2 Å². The van der Waals surface area contributed by atoms with Crippen LogP contribution in [0.15, 0.2) is 77.7 Å². The highest BCUT2D eigenvalue weighted by Crippen LogP contribution is 2.33. The third-order valence-electron chi connectivity index (χ3n) is 4.80. The van der Waals surface area contributed by atoms with Gasteiger partial charge in [0.05, 0.1) is 22.7 Å². The molecule has 8 nitrogen and oxygen atoms in total. The van der Waals surface area contributed by atoms with E-state index in [4.69, 9.17) is 27.9 Å². The standard InChI is InChI=1S/C23H18Cl2N4O4S2/c1-33-17-10-7-15(8-11-17)22-27-28-23(34-22)26-21(30)14-29(20-13-16(24)9-12-19(20)25)35(31,32)18-5-3-2-4-6-18/h2-13H,14H2,1H3,(H,26,28,30). The Morgan fingerprint density at radius 2 is 1.74 bits per heavy atom. The lowest BCUT2D eigenvalue weighted by Gasteiger charge is -2.25. The molecule has 0 spiro atoms. The van der Waals surface area contributed by atoms with Crippen molar-refractivity contribution in [1.82, 2.24) is 10.2 Å². The second-order valence-electron chi connectivity index (χ2n) is 7.11. The number of carbonyl (C=O) groups excluding carboxylic acids is 1. The molecule has 12 heteroatoms. The number of nitrogens with zero attached hydrogens (tertiary/aromatic N) is 3. The lowest BCUT2D eigenvalue weighted by molar-refractivity contribution is -0.114. The number of sulfonamides is 1. The summed E-state index contributed by atoms with van der Waals surface area (Å²) in [5, 5.41) is 11.9. The molecule has 4 rings (SSSR count). The van der Waals surface area contributed by atoms with Gasteiger partial charge in [-0.3, -0.25) is 14.4 Å².